The molecular weight excluding hydrogens is 248 g/mol. The van der Waals surface area contributed by atoms with Crippen molar-refractivity contribution < 1.29 is 9.72 Å². The van der Waals surface area contributed by atoms with Gasteiger partial charge < -0.3 is 11.1 Å². The topological polar surface area (TPSA) is 111 Å². The van der Waals surface area contributed by atoms with Crippen LogP contribution in [0.25, 0.3) is 0 Å². The first-order valence-electron chi connectivity index (χ1n) is 6.18. The molecule has 0 aliphatic heterocycles. The molecule has 2 unspecified atom stereocenters. The maximum absolute atomic E-state index is 12.1. The monoisotopic (exact) mass is 264 g/mol. The van der Waals surface area contributed by atoms with Gasteiger partial charge in [0.2, 0.25) is 0 Å². The number of nitrogen functional groups attached to an aromatic ring is 1. The summed E-state index contributed by atoms with van der Waals surface area (Å²) in [5.41, 5.74) is 5.13. The lowest BCUT2D eigenvalue weighted by Gasteiger charge is -2.12. The molecule has 19 heavy (non-hydrogen) atoms. The van der Waals surface area contributed by atoms with Crippen molar-refractivity contribution in [3.63, 3.8) is 0 Å². The highest BCUT2D eigenvalue weighted by atomic mass is 16.6. The van der Waals surface area contributed by atoms with Crippen LogP contribution in [0.2, 0.25) is 0 Å². The molecule has 1 aromatic heterocycles. The number of hydrogen-bond donors (Lipinski definition) is 2. The fraction of sp³-hybridized carbons (Fsp3) is 0.500. The molecule has 3 N–H and O–H groups in total. The molecule has 1 fully saturated rings. The van der Waals surface area contributed by atoms with Gasteiger partial charge in [0.15, 0.2) is 0 Å². The zero-order valence-electron chi connectivity index (χ0n) is 10.6. The third kappa shape index (κ3) is 2.98. The van der Waals surface area contributed by atoms with Crippen LogP contribution >= 0.6 is 0 Å². The van der Waals surface area contributed by atoms with E-state index in [0.29, 0.717) is 5.92 Å². The molecule has 7 nitrogen and oxygen atoms in total. The minimum absolute atomic E-state index is 0.0305. The fourth-order valence-electron chi connectivity index (χ4n) is 2.39. The van der Waals surface area contributed by atoms with E-state index in [4.69, 9.17) is 5.73 Å². The van der Waals surface area contributed by atoms with Crippen LogP contribution in [0.15, 0.2) is 12.3 Å². The number of nitrogens with two attached hydrogens (primary N) is 1. The Morgan fingerprint density at radius 1 is 1.58 bits per heavy atom. The van der Waals surface area contributed by atoms with E-state index in [-0.39, 0.29) is 23.1 Å². The number of rotatable bonds is 3. The summed E-state index contributed by atoms with van der Waals surface area (Å²) in [6.45, 7) is 2.12. The molecule has 102 valence electrons. The zero-order valence-corrected chi connectivity index (χ0v) is 10.6. The lowest BCUT2D eigenvalue weighted by Crippen LogP contribution is -2.33. The van der Waals surface area contributed by atoms with Crippen LogP contribution in [-0.4, -0.2) is 21.9 Å². The molecule has 0 spiro atoms. The Kier molecular flexibility index (Phi) is 3.64. The van der Waals surface area contributed by atoms with Crippen molar-refractivity contribution in [2.45, 2.75) is 32.2 Å². The van der Waals surface area contributed by atoms with Crippen LogP contribution in [0.5, 0.6) is 0 Å². The molecule has 0 bridgehead atoms. The van der Waals surface area contributed by atoms with Gasteiger partial charge in [-0.1, -0.05) is 6.92 Å². The zero-order chi connectivity index (χ0) is 14.0. The summed E-state index contributed by atoms with van der Waals surface area (Å²) in [6.07, 6.45) is 3.88. The summed E-state index contributed by atoms with van der Waals surface area (Å²) >= 11 is 0. The second-order valence-corrected chi connectivity index (χ2v) is 4.97. The van der Waals surface area contributed by atoms with Crippen LogP contribution < -0.4 is 11.1 Å². The van der Waals surface area contributed by atoms with Crippen molar-refractivity contribution in [2.24, 2.45) is 5.92 Å². The van der Waals surface area contributed by atoms with Gasteiger partial charge in [-0.3, -0.25) is 14.9 Å². The van der Waals surface area contributed by atoms with Crippen LogP contribution in [0.4, 0.5) is 11.5 Å². The van der Waals surface area contributed by atoms with Crippen LogP contribution in [0.3, 0.4) is 0 Å². The molecule has 1 amide bonds. The predicted molar refractivity (Wildman–Crippen MR) is 69.6 cm³/mol. The van der Waals surface area contributed by atoms with Gasteiger partial charge in [0.05, 0.1) is 4.92 Å². The van der Waals surface area contributed by atoms with Crippen LogP contribution in [0.1, 0.15) is 36.5 Å². The first kappa shape index (κ1) is 13.3. The number of nitrogens with one attached hydrogen (secondary N) is 1. The second kappa shape index (κ2) is 5.21. The van der Waals surface area contributed by atoms with E-state index in [9.17, 15) is 14.9 Å². The molecule has 1 aliphatic rings. The summed E-state index contributed by atoms with van der Waals surface area (Å²) in [7, 11) is 0. The minimum atomic E-state index is -0.626. The van der Waals surface area contributed by atoms with Crippen molar-refractivity contribution in [2.75, 3.05) is 5.73 Å². The molecule has 0 radical (unpaired) electrons. The Hall–Kier alpha value is -2.18. The van der Waals surface area contributed by atoms with E-state index in [2.05, 4.69) is 17.2 Å². The van der Waals surface area contributed by atoms with E-state index in [1.54, 1.807) is 0 Å². The van der Waals surface area contributed by atoms with Gasteiger partial charge in [-0.2, -0.15) is 0 Å². The number of nitrogens with zero attached hydrogens (tertiary/aromatic N) is 2. The lowest BCUT2D eigenvalue weighted by molar-refractivity contribution is -0.385. The van der Waals surface area contributed by atoms with Gasteiger partial charge >= 0.3 is 0 Å². The largest absolute Gasteiger partial charge is 0.384 e. The van der Waals surface area contributed by atoms with E-state index < -0.39 is 10.8 Å². The number of carbonyl (C=O) groups excluding carboxylic acids is 1. The van der Waals surface area contributed by atoms with Gasteiger partial charge in [-0.15, -0.1) is 0 Å². The number of anilines is 1. The Bertz CT molecular complexity index is 518. The molecule has 0 aromatic carbocycles. The van der Waals surface area contributed by atoms with Gasteiger partial charge in [0, 0.05) is 6.04 Å². The van der Waals surface area contributed by atoms with E-state index in [1.165, 1.54) is 6.07 Å². The highest BCUT2D eigenvalue weighted by molar-refractivity contribution is 5.98. The number of hydrogen-bond acceptors (Lipinski definition) is 5. The van der Waals surface area contributed by atoms with E-state index >= 15 is 0 Å². The molecule has 1 aromatic rings. The normalized spacial score (nSPS) is 22.2. The van der Waals surface area contributed by atoms with E-state index in [0.717, 1.165) is 25.5 Å². The van der Waals surface area contributed by atoms with Crippen molar-refractivity contribution in [3.8, 4) is 0 Å². The molecule has 2 atom stereocenters. The summed E-state index contributed by atoms with van der Waals surface area (Å²) in [5, 5.41) is 13.7. The molecule has 1 heterocycles. The highest BCUT2D eigenvalue weighted by Crippen LogP contribution is 2.26. The average Bonchev–Trinajstić information content (AvgIpc) is 2.74. The van der Waals surface area contributed by atoms with Crippen molar-refractivity contribution >= 4 is 17.4 Å². The average molecular weight is 264 g/mol. The third-order valence-corrected chi connectivity index (χ3v) is 3.38. The van der Waals surface area contributed by atoms with E-state index in [1.807, 2.05) is 0 Å². The van der Waals surface area contributed by atoms with Crippen molar-refractivity contribution in [1.82, 2.24) is 10.3 Å². The molecule has 2 rings (SSSR count). The standard InChI is InChI=1S/C12H16N4O3/c1-7-2-3-8(4-7)15-12(17)9-5-11(13)14-6-10(9)16(18)19/h5-8H,2-4H2,1H3,(H2,13,14)(H,15,17). The predicted octanol–water partition coefficient (Wildman–Crippen LogP) is 1.49. The third-order valence-electron chi connectivity index (χ3n) is 3.38. The maximum atomic E-state index is 12.1. The Morgan fingerprint density at radius 3 is 2.89 bits per heavy atom. The lowest BCUT2D eigenvalue weighted by atomic mass is 10.1. The number of carbonyl (C=O) groups is 1. The first-order valence-corrected chi connectivity index (χ1v) is 6.18. The quantitative estimate of drug-likeness (QED) is 0.634. The van der Waals surface area contributed by atoms with Crippen molar-refractivity contribution in [1.29, 1.82) is 0 Å². The van der Waals surface area contributed by atoms with Crippen LogP contribution in [0, 0.1) is 16.0 Å². The van der Waals surface area contributed by atoms with Crippen LogP contribution in [-0.2, 0) is 0 Å². The SMILES string of the molecule is CC1CCC(NC(=O)c2cc(N)ncc2[N+](=O)[O-])C1. The molecule has 7 heteroatoms. The summed E-state index contributed by atoms with van der Waals surface area (Å²) in [5.74, 6) is 0.207. The summed E-state index contributed by atoms with van der Waals surface area (Å²) in [4.78, 5) is 26.0. The molecule has 1 saturated carbocycles. The first-order chi connectivity index (χ1) is 8.97. The Labute approximate surface area is 110 Å². The Morgan fingerprint density at radius 2 is 2.32 bits per heavy atom. The number of aromatic nitrogens is 1. The van der Waals surface area contributed by atoms with Gasteiger partial charge in [0.25, 0.3) is 11.6 Å². The van der Waals surface area contributed by atoms with Gasteiger partial charge in [-0.05, 0) is 31.2 Å². The minimum Gasteiger partial charge on any atom is -0.384 e. The van der Waals surface area contributed by atoms with Gasteiger partial charge in [-0.25, -0.2) is 4.98 Å². The molecular formula is C12H16N4O3. The fourth-order valence-corrected chi connectivity index (χ4v) is 2.39. The smallest absolute Gasteiger partial charge is 0.300 e. The number of amides is 1. The highest BCUT2D eigenvalue weighted by Gasteiger charge is 2.26. The van der Waals surface area contributed by atoms with Crippen molar-refractivity contribution in [3.05, 3.63) is 27.9 Å². The van der Waals surface area contributed by atoms with Gasteiger partial charge in [0.1, 0.15) is 17.6 Å². The Balaban J connectivity index is 2.18. The maximum Gasteiger partial charge on any atom is 0.300 e. The molecule has 0 saturated heterocycles. The summed E-state index contributed by atoms with van der Waals surface area (Å²) < 4.78 is 0. The second-order valence-electron chi connectivity index (χ2n) is 4.97. The molecule has 1 aliphatic carbocycles. The number of pyridine rings is 1. The summed E-state index contributed by atoms with van der Waals surface area (Å²) in [6, 6.07) is 1.32. The number of nitro groups is 1.